The maximum absolute atomic E-state index is 13.6. The van der Waals surface area contributed by atoms with E-state index in [1.807, 2.05) is 0 Å². The van der Waals surface area contributed by atoms with Gasteiger partial charge in [0.25, 0.3) is 0 Å². The predicted molar refractivity (Wildman–Crippen MR) is 68.4 cm³/mol. The van der Waals surface area contributed by atoms with Crippen LogP contribution in [0.5, 0.6) is 0 Å². The molecule has 1 aromatic carbocycles. The number of hydrogen-bond acceptors (Lipinski definition) is 3. The molecular weight excluding hydrogens is 279 g/mol. The van der Waals surface area contributed by atoms with Crippen molar-refractivity contribution < 1.29 is 13.2 Å². The molecule has 0 spiro atoms. The summed E-state index contributed by atoms with van der Waals surface area (Å²) in [5.41, 5.74) is 0.267. The summed E-state index contributed by atoms with van der Waals surface area (Å²) in [6.45, 7) is 0. The maximum atomic E-state index is 13.6. The number of anilines is 3. The van der Waals surface area contributed by atoms with Gasteiger partial charge in [0.1, 0.15) is 5.82 Å². The largest absolute Gasteiger partial charge is 0.371 e. The van der Waals surface area contributed by atoms with E-state index >= 15 is 0 Å². The summed E-state index contributed by atoms with van der Waals surface area (Å²) < 4.78 is 39.7. The van der Waals surface area contributed by atoms with Crippen molar-refractivity contribution in [1.82, 2.24) is 4.98 Å². The average molecular weight is 288 g/mol. The van der Waals surface area contributed by atoms with Gasteiger partial charge in [-0.25, -0.2) is 18.2 Å². The summed E-state index contributed by atoms with van der Waals surface area (Å²) in [4.78, 5) is 3.72. The van der Waals surface area contributed by atoms with E-state index in [4.69, 9.17) is 11.6 Å². The molecule has 3 nitrogen and oxygen atoms in total. The quantitative estimate of drug-likeness (QED) is 0.898. The second kappa shape index (κ2) is 5.36. The van der Waals surface area contributed by atoms with Crippen LogP contribution < -0.4 is 10.6 Å². The minimum Gasteiger partial charge on any atom is -0.371 e. The fourth-order valence-electron chi connectivity index (χ4n) is 1.45. The SMILES string of the molecule is CNc1nc(Nc2ccc(F)cc2Cl)c(F)cc1F. The lowest BCUT2D eigenvalue weighted by Crippen LogP contribution is -2.03. The molecule has 2 N–H and O–H groups in total. The number of benzene rings is 1. The van der Waals surface area contributed by atoms with Gasteiger partial charge < -0.3 is 10.6 Å². The van der Waals surface area contributed by atoms with Gasteiger partial charge in [0.2, 0.25) is 0 Å². The molecule has 0 atom stereocenters. The van der Waals surface area contributed by atoms with Gasteiger partial charge in [-0.05, 0) is 18.2 Å². The molecule has 0 aliphatic carbocycles. The second-order valence-corrected chi connectivity index (χ2v) is 4.06. The fourth-order valence-corrected chi connectivity index (χ4v) is 1.66. The Morgan fingerprint density at radius 3 is 2.37 bits per heavy atom. The molecule has 19 heavy (non-hydrogen) atoms. The van der Waals surface area contributed by atoms with Crippen LogP contribution in [0, 0.1) is 17.5 Å². The van der Waals surface area contributed by atoms with Crippen LogP contribution >= 0.6 is 11.6 Å². The summed E-state index contributed by atoms with van der Waals surface area (Å²) in [7, 11) is 1.46. The highest BCUT2D eigenvalue weighted by Crippen LogP contribution is 2.27. The lowest BCUT2D eigenvalue weighted by molar-refractivity contribution is 0.580. The normalized spacial score (nSPS) is 10.4. The highest BCUT2D eigenvalue weighted by molar-refractivity contribution is 6.33. The monoisotopic (exact) mass is 287 g/mol. The number of nitrogens with one attached hydrogen (secondary N) is 2. The van der Waals surface area contributed by atoms with Crippen LogP contribution in [0.1, 0.15) is 0 Å². The number of pyridine rings is 1. The van der Waals surface area contributed by atoms with Crippen molar-refractivity contribution in [1.29, 1.82) is 0 Å². The van der Waals surface area contributed by atoms with E-state index in [9.17, 15) is 13.2 Å². The molecule has 1 heterocycles. The number of rotatable bonds is 3. The van der Waals surface area contributed by atoms with Gasteiger partial charge in [0, 0.05) is 13.1 Å². The third kappa shape index (κ3) is 2.90. The first-order valence-electron chi connectivity index (χ1n) is 5.27. The first kappa shape index (κ1) is 13.5. The Hall–Kier alpha value is -1.95. The first-order valence-corrected chi connectivity index (χ1v) is 5.65. The number of halogens is 4. The standard InChI is InChI=1S/C12H9ClF3N3/c1-17-11-8(15)5-9(16)12(19-11)18-10-3-2-6(14)4-7(10)13/h2-5H,1H3,(H2,17,18,19). The van der Waals surface area contributed by atoms with Crippen LogP contribution in [-0.2, 0) is 0 Å². The van der Waals surface area contributed by atoms with Gasteiger partial charge in [-0.2, -0.15) is 0 Å². The van der Waals surface area contributed by atoms with Crippen molar-refractivity contribution in [3.63, 3.8) is 0 Å². The zero-order valence-corrected chi connectivity index (χ0v) is 10.5. The molecular formula is C12H9ClF3N3. The Bertz CT molecular complexity index is 619. The molecule has 0 aliphatic rings. The molecule has 0 unspecified atom stereocenters. The van der Waals surface area contributed by atoms with E-state index in [2.05, 4.69) is 15.6 Å². The zero-order valence-electron chi connectivity index (χ0n) is 9.77. The summed E-state index contributed by atoms with van der Waals surface area (Å²) in [6.07, 6.45) is 0. The molecule has 1 aromatic heterocycles. The minimum absolute atomic E-state index is 0.0662. The van der Waals surface area contributed by atoms with Crippen LogP contribution in [-0.4, -0.2) is 12.0 Å². The molecule has 0 radical (unpaired) electrons. The number of nitrogens with zero attached hydrogens (tertiary/aromatic N) is 1. The smallest absolute Gasteiger partial charge is 0.169 e. The molecule has 2 rings (SSSR count). The summed E-state index contributed by atoms with van der Waals surface area (Å²) >= 11 is 5.79. The third-order valence-electron chi connectivity index (χ3n) is 2.35. The van der Waals surface area contributed by atoms with Crippen LogP contribution in [0.4, 0.5) is 30.5 Å². The van der Waals surface area contributed by atoms with E-state index in [1.54, 1.807) is 0 Å². The summed E-state index contributed by atoms with van der Waals surface area (Å²) in [5, 5.41) is 5.13. The van der Waals surface area contributed by atoms with Gasteiger partial charge in [-0.3, -0.25) is 0 Å². The molecule has 0 saturated carbocycles. The van der Waals surface area contributed by atoms with Gasteiger partial charge in [0.05, 0.1) is 10.7 Å². The Balaban J connectivity index is 2.37. The molecule has 0 amide bonds. The molecule has 0 aliphatic heterocycles. The lowest BCUT2D eigenvalue weighted by Gasteiger charge is -2.10. The van der Waals surface area contributed by atoms with Crippen LogP contribution in [0.15, 0.2) is 24.3 Å². The Kier molecular flexibility index (Phi) is 3.80. The number of aromatic nitrogens is 1. The van der Waals surface area contributed by atoms with E-state index in [0.29, 0.717) is 6.07 Å². The van der Waals surface area contributed by atoms with E-state index in [1.165, 1.54) is 13.1 Å². The number of hydrogen-bond donors (Lipinski definition) is 2. The maximum Gasteiger partial charge on any atom is 0.169 e. The first-order chi connectivity index (χ1) is 9.01. The van der Waals surface area contributed by atoms with Crippen molar-refractivity contribution in [2.75, 3.05) is 17.7 Å². The van der Waals surface area contributed by atoms with Crippen molar-refractivity contribution in [2.45, 2.75) is 0 Å². The average Bonchev–Trinajstić information content (AvgIpc) is 2.35. The molecule has 2 aromatic rings. The fraction of sp³-hybridized carbons (Fsp3) is 0.0833. The van der Waals surface area contributed by atoms with Crippen LogP contribution in [0.3, 0.4) is 0 Å². The summed E-state index contributed by atoms with van der Waals surface area (Å²) in [6, 6.07) is 4.26. The van der Waals surface area contributed by atoms with Gasteiger partial charge in [0.15, 0.2) is 23.3 Å². The van der Waals surface area contributed by atoms with Gasteiger partial charge in [-0.1, -0.05) is 11.6 Å². The molecule has 0 fully saturated rings. The van der Waals surface area contributed by atoms with E-state index in [0.717, 1.165) is 12.1 Å². The molecule has 7 heteroatoms. The predicted octanol–water partition coefficient (Wildman–Crippen LogP) is 3.94. The highest BCUT2D eigenvalue weighted by Gasteiger charge is 2.12. The van der Waals surface area contributed by atoms with Crippen molar-refractivity contribution in [3.05, 3.63) is 46.7 Å². The van der Waals surface area contributed by atoms with E-state index < -0.39 is 17.5 Å². The molecule has 0 bridgehead atoms. The third-order valence-corrected chi connectivity index (χ3v) is 2.66. The van der Waals surface area contributed by atoms with Gasteiger partial charge >= 0.3 is 0 Å². The molecule has 0 saturated heterocycles. The van der Waals surface area contributed by atoms with Crippen molar-refractivity contribution in [3.8, 4) is 0 Å². The summed E-state index contributed by atoms with van der Waals surface area (Å²) in [5.74, 6) is -2.52. The lowest BCUT2D eigenvalue weighted by atomic mass is 10.3. The molecule has 100 valence electrons. The Morgan fingerprint density at radius 2 is 1.74 bits per heavy atom. The van der Waals surface area contributed by atoms with Crippen LogP contribution in [0.2, 0.25) is 5.02 Å². The topological polar surface area (TPSA) is 37.0 Å². The van der Waals surface area contributed by atoms with Crippen molar-refractivity contribution in [2.24, 2.45) is 0 Å². The highest BCUT2D eigenvalue weighted by atomic mass is 35.5. The van der Waals surface area contributed by atoms with Crippen molar-refractivity contribution >= 4 is 28.9 Å². The Morgan fingerprint density at radius 1 is 1.05 bits per heavy atom. The van der Waals surface area contributed by atoms with Gasteiger partial charge in [-0.15, -0.1) is 0 Å². The Labute approximate surface area is 112 Å². The van der Waals surface area contributed by atoms with E-state index in [-0.39, 0.29) is 22.3 Å². The van der Waals surface area contributed by atoms with Crippen LogP contribution in [0.25, 0.3) is 0 Å². The second-order valence-electron chi connectivity index (χ2n) is 3.65. The minimum atomic E-state index is -0.878. The zero-order chi connectivity index (χ0) is 14.0.